The molecule has 1 saturated heterocycles. The first-order valence-corrected chi connectivity index (χ1v) is 8.03. The zero-order chi connectivity index (χ0) is 16.5. The molecule has 0 radical (unpaired) electrons. The number of ether oxygens (including phenoxy) is 1. The Morgan fingerprint density at radius 2 is 1.83 bits per heavy atom. The maximum atomic E-state index is 12.3. The first-order chi connectivity index (χ1) is 11.2. The number of hydrogen-bond donors (Lipinski definition) is 3. The molecule has 2 amide bonds. The summed E-state index contributed by atoms with van der Waals surface area (Å²) in [7, 11) is 0. The van der Waals surface area contributed by atoms with Crippen LogP contribution in [-0.4, -0.2) is 38.1 Å². The van der Waals surface area contributed by atoms with E-state index in [9.17, 15) is 9.59 Å². The summed E-state index contributed by atoms with van der Waals surface area (Å²) in [6.45, 7) is 2.24. The molecule has 1 aliphatic heterocycles. The lowest BCUT2D eigenvalue weighted by molar-refractivity contribution is -0.136. The highest BCUT2D eigenvalue weighted by atomic mass is 16.5. The average Bonchev–Trinajstić information content (AvgIpc) is 2.61. The van der Waals surface area contributed by atoms with Crippen LogP contribution in [0.2, 0.25) is 0 Å². The largest absolute Gasteiger partial charge is 0.381 e. The van der Waals surface area contributed by atoms with Crippen LogP contribution in [0.1, 0.15) is 24.8 Å². The molecule has 0 spiro atoms. The number of benzene rings is 1. The molecule has 0 atom stereocenters. The van der Waals surface area contributed by atoms with Gasteiger partial charge in [-0.05, 0) is 18.4 Å². The monoisotopic (exact) mass is 319 g/mol. The van der Waals surface area contributed by atoms with Crippen molar-refractivity contribution in [3.05, 3.63) is 35.9 Å². The number of carbonyl (C=O) groups is 2. The van der Waals surface area contributed by atoms with Crippen LogP contribution in [0.4, 0.5) is 0 Å². The van der Waals surface area contributed by atoms with E-state index in [2.05, 4.69) is 10.6 Å². The van der Waals surface area contributed by atoms with Gasteiger partial charge in [-0.1, -0.05) is 30.3 Å². The van der Waals surface area contributed by atoms with Crippen molar-refractivity contribution in [2.24, 2.45) is 11.1 Å². The fourth-order valence-electron chi connectivity index (χ4n) is 2.65. The van der Waals surface area contributed by atoms with E-state index in [1.54, 1.807) is 0 Å². The summed E-state index contributed by atoms with van der Waals surface area (Å²) in [5.74, 6) is -0.151. The quantitative estimate of drug-likeness (QED) is 0.685. The Morgan fingerprint density at radius 3 is 2.48 bits per heavy atom. The van der Waals surface area contributed by atoms with E-state index in [1.165, 1.54) is 0 Å². The highest BCUT2D eigenvalue weighted by molar-refractivity contribution is 5.84. The zero-order valence-electron chi connectivity index (χ0n) is 13.3. The smallest absolute Gasteiger partial charge is 0.227 e. The third kappa shape index (κ3) is 5.04. The van der Waals surface area contributed by atoms with Crippen molar-refractivity contribution in [3.8, 4) is 0 Å². The number of rotatable bonds is 7. The minimum absolute atomic E-state index is 0.0702. The number of carbonyl (C=O) groups excluding carboxylic acids is 2. The third-order valence-corrected chi connectivity index (χ3v) is 4.29. The summed E-state index contributed by atoms with van der Waals surface area (Å²) < 4.78 is 5.29. The molecular formula is C17H25N3O3. The van der Waals surface area contributed by atoms with Crippen molar-refractivity contribution in [1.29, 1.82) is 0 Å². The van der Waals surface area contributed by atoms with Gasteiger partial charge in [0.15, 0.2) is 0 Å². The van der Waals surface area contributed by atoms with E-state index < -0.39 is 5.41 Å². The zero-order valence-corrected chi connectivity index (χ0v) is 13.3. The molecule has 6 nitrogen and oxygen atoms in total. The van der Waals surface area contributed by atoms with Crippen LogP contribution in [-0.2, 0) is 20.9 Å². The molecular weight excluding hydrogens is 294 g/mol. The van der Waals surface area contributed by atoms with Crippen molar-refractivity contribution in [3.63, 3.8) is 0 Å². The van der Waals surface area contributed by atoms with Crippen LogP contribution in [0, 0.1) is 5.41 Å². The van der Waals surface area contributed by atoms with Crippen LogP contribution in [0.15, 0.2) is 30.3 Å². The Labute approximate surface area is 136 Å². The van der Waals surface area contributed by atoms with E-state index in [-0.39, 0.29) is 18.2 Å². The molecule has 1 heterocycles. The van der Waals surface area contributed by atoms with Crippen LogP contribution < -0.4 is 16.4 Å². The van der Waals surface area contributed by atoms with Gasteiger partial charge in [-0.2, -0.15) is 0 Å². The predicted octanol–water partition coefficient (Wildman–Crippen LogP) is 0.565. The minimum atomic E-state index is -0.543. The van der Waals surface area contributed by atoms with Crippen LogP contribution >= 0.6 is 0 Å². The molecule has 2 rings (SSSR count). The lowest BCUT2D eigenvalue weighted by atomic mass is 9.79. The van der Waals surface area contributed by atoms with Gasteiger partial charge in [0.2, 0.25) is 11.8 Å². The fourth-order valence-corrected chi connectivity index (χ4v) is 2.65. The van der Waals surface area contributed by atoms with Crippen molar-refractivity contribution < 1.29 is 14.3 Å². The van der Waals surface area contributed by atoms with Gasteiger partial charge in [0.1, 0.15) is 0 Å². The molecule has 0 aromatic heterocycles. The van der Waals surface area contributed by atoms with Crippen molar-refractivity contribution >= 4 is 11.8 Å². The Balaban J connectivity index is 1.69. The summed E-state index contributed by atoms with van der Waals surface area (Å²) >= 11 is 0. The SMILES string of the molecule is NCC1(C(=O)NCCC(=O)NCc2ccccc2)CCOCC1. The van der Waals surface area contributed by atoms with E-state index in [1.807, 2.05) is 30.3 Å². The van der Waals surface area contributed by atoms with E-state index in [0.29, 0.717) is 45.7 Å². The third-order valence-electron chi connectivity index (χ3n) is 4.29. The van der Waals surface area contributed by atoms with E-state index in [0.717, 1.165) is 5.56 Å². The topological polar surface area (TPSA) is 93.5 Å². The molecule has 1 fully saturated rings. The Morgan fingerprint density at radius 1 is 1.13 bits per heavy atom. The number of amides is 2. The first-order valence-electron chi connectivity index (χ1n) is 8.03. The van der Waals surface area contributed by atoms with Gasteiger partial charge >= 0.3 is 0 Å². The second kappa shape index (κ2) is 8.64. The number of nitrogens with one attached hydrogen (secondary N) is 2. The predicted molar refractivity (Wildman–Crippen MR) is 87.5 cm³/mol. The van der Waals surface area contributed by atoms with Crippen LogP contribution in [0.3, 0.4) is 0 Å². The van der Waals surface area contributed by atoms with E-state index in [4.69, 9.17) is 10.5 Å². The summed E-state index contributed by atoms with van der Waals surface area (Å²) in [5.41, 5.74) is 6.29. The van der Waals surface area contributed by atoms with E-state index >= 15 is 0 Å². The van der Waals surface area contributed by atoms with Gasteiger partial charge in [-0.3, -0.25) is 9.59 Å². The summed E-state index contributed by atoms with van der Waals surface area (Å²) in [4.78, 5) is 24.1. The molecule has 1 aromatic carbocycles. The molecule has 1 aliphatic rings. The molecule has 1 aromatic rings. The Kier molecular flexibility index (Phi) is 6.55. The lowest BCUT2D eigenvalue weighted by Gasteiger charge is -2.34. The molecule has 126 valence electrons. The molecule has 0 aliphatic carbocycles. The van der Waals surface area contributed by atoms with Crippen molar-refractivity contribution in [2.75, 3.05) is 26.3 Å². The molecule has 0 unspecified atom stereocenters. The standard InChI is InChI=1S/C17H25N3O3/c18-13-17(7-10-23-11-8-17)16(22)19-9-6-15(21)20-12-14-4-2-1-3-5-14/h1-5H,6-13,18H2,(H,19,22)(H,20,21). The molecule has 23 heavy (non-hydrogen) atoms. The second-order valence-electron chi connectivity index (χ2n) is 5.87. The lowest BCUT2D eigenvalue weighted by Crippen LogP contribution is -2.49. The second-order valence-corrected chi connectivity index (χ2v) is 5.87. The highest BCUT2D eigenvalue weighted by Gasteiger charge is 2.38. The number of hydrogen-bond acceptors (Lipinski definition) is 4. The van der Waals surface area contributed by atoms with Crippen molar-refractivity contribution in [2.45, 2.75) is 25.8 Å². The normalized spacial score (nSPS) is 16.6. The highest BCUT2D eigenvalue weighted by Crippen LogP contribution is 2.29. The van der Waals surface area contributed by atoms with Crippen molar-refractivity contribution in [1.82, 2.24) is 10.6 Å². The summed E-state index contributed by atoms with van der Waals surface area (Å²) in [5, 5.41) is 5.68. The fraction of sp³-hybridized carbons (Fsp3) is 0.529. The van der Waals surface area contributed by atoms with Gasteiger partial charge in [-0.15, -0.1) is 0 Å². The Hall–Kier alpha value is -1.92. The van der Waals surface area contributed by atoms with Gasteiger partial charge < -0.3 is 21.1 Å². The van der Waals surface area contributed by atoms with Gasteiger partial charge in [0.25, 0.3) is 0 Å². The maximum Gasteiger partial charge on any atom is 0.227 e. The number of nitrogens with two attached hydrogens (primary N) is 1. The minimum Gasteiger partial charge on any atom is -0.381 e. The summed E-state index contributed by atoms with van der Waals surface area (Å²) in [6, 6.07) is 9.71. The maximum absolute atomic E-state index is 12.3. The first kappa shape index (κ1) is 17.4. The molecule has 6 heteroatoms. The molecule has 4 N–H and O–H groups in total. The van der Waals surface area contributed by atoms with Crippen LogP contribution in [0.5, 0.6) is 0 Å². The van der Waals surface area contributed by atoms with Gasteiger partial charge in [-0.25, -0.2) is 0 Å². The Bertz CT molecular complexity index is 513. The van der Waals surface area contributed by atoms with Gasteiger partial charge in [0, 0.05) is 39.3 Å². The van der Waals surface area contributed by atoms with Crippen LogP contribution in [0.25, 0.3) is 0 Å². The molecule has 0 bridgehead atoms. The summed E-state index contributed by atoms with van der Waals surface area (Å²) in [6.07, 6.45) is 1.53. The molecule has 0 saturated carbocycles. The average molecular weight is 319 g/mol. The van der Waals surface area contributed by atoms with Gasteiger partial charge in [0.05, 0.1) is 5.41 Å².